The highest BCUT2D eigenvalue weighted by Crippen LogP contribution is 2.27. The fourth-order valence-electron chi connectivity index (χ4n) is 1.61. The number of benzene rings is 1. The molecular weight excluding hydrogens is 323 g/mol. The third-order valence-corrected chi connectivity index (χ3v) is 6.29. The molecule has 0 aliphatic carbocycles. The molecule has 1 aromatic heterocycles. The summed E-state index contributed by atoms with van der Waals surface area (Å²) in [5, 5.41) is 1.73. The minimum atomic E-state index is -3.70. The molecule has 0 aliphatic rings. The van der Waals surface area contributed by atoms with Crippen LogP contribution in [0.3, 0.4) is 0 Å². The largest absolute Gasteiger partial charge is 0.398 e. The van der Waals surface area contributed by atoms with Crippen molar-refractivity contribution in [3.63, 3.8) is 0 Å². The van der Waals surface area contributed by atoms with Gasteiger partial charge in [0.05, 0.1) is 0 Å². The van der Waals surface area contributed by atoms with Crippen LogP contribution in [0.2, 0.25) is 5.02 Å². The van der Waals surface area contributed by atoms with E-state index >= 15 is 0 Å². The van der Waals surface area contributed by atoms with Crippen LogP contribution in [0.5, 0.6) is 0 Å². The smallest absolute Gasteiger partial charge is 0.252 e. The molecule has 2 rings (SSSR count). The van der Waals surface area contributed by atoms with E-state index in [0.29, 0.717) is 5.69 Å². The number of sulfonamides is 1. The highest BCUT2D eigenvalue weighted by Gasteiger charge is 2.24. The van der Waals surface area contributed by atoms with E-state index in [2.05, 4.69) is 0 Å². The Morgan fingerprint density at radius 1 is 1.45 bits per heavy atom. The molecule has 0 bridgehead atoms. The summed E-state index contributed by atoms with van der Waals surface area (Å²) in [6, 6.07) is 5.60. The van der Waals surface area contributed by atoms with Gasteiger partial charge in [-0.1, -0.05) is 17.7 Å². The first-order valence-corrected chi connectivity index (χ1v) is 8.25. The maximum atomic E-state index is 13.7. The third-order valence-electron chi connectivity index (χ3n) is 2.70. The Morgan fingerprint density at radius 2 is 2.15 bits per heavy atom. The van der Waals surface area contributed by atoms with Crippen molar-refractivity contribution >= 4 is 38.6 Å². The molecule has 108 valence electrons. The van der Waals surface area contributed by atoms with E-state index in [4.69, 9.17) is 17.3 Å². The number of rotatable bonds is 4. The van der Waals surface area contributed by atoms with E-state index < -0.39 is 15.8 Å². The molecule has 0 unspecified atom stereocenters. The second kappa shape index (κ2) is 5.69. The molecule has 8 heteroatoms. The van der Waals surface area contributed by atoms with Crippen LogP contribution in [-0.4, -0.2) is 19.8 Å². The molecular formula is C12H12ClFN2O2S2. The molecule has 0 radical (unpaired) electrons. The summed E-state index contributed by atoms with van der Waals surface area (Å²) in [5.41, 5.74) is 6.05. The summed E-state index contributed by atoms with van der Waals surface area (Å²) in [6.07, 6.45) is 0. The van der Waals surface area contributed by atoms with Gasteiger partial charge in [-0.2, -0.15) is 4.31 Å². The zero-order chi connectivity index (χ0) is 14.9. The number of nitrogens with two attached hydrogens (primary N) is 1. The Hall–Kier alpha value is -1.15. The van der Waals surface area contributed by atoms with Gasteiger partial charge >= 0.3 is 0 Å². The molecule has 0 fully saturated rings. The zero-order valence-corrected chi connectivity index (χ0v) is 12.9. The third kappa shape index (κ3) is 2.95. The number of halogens is 2. The van der Waals surface area contributed by atoms with Crippen LogP contribution in [-0.2, 0) is 16.6 Å². The average molecular weight is 335 g/mol. The van der Waals surface area contributed by atoms with Crippen molar-refractivity contribution < 1.29 is 12.8 Å². The van der Waals surface area contributed by atoms with Crippen LogP contribution in [0, 0.1) is 5.82 Å². The van der Waals surface area contributed by atoms with Crippen LogP contribution in [0.15, 0.2) is 33.9 Å². The second-order valence-electron chi connectivity index (χ2n) is 4.16. The lowest BCUT2D eigenvalue weighted by molar-refractivity contribution is 0.458. The Bertz CT molecular complexity index is 711. The molecule has 0 amide bonds. The van der Waals surface area contributed by atoms with Gasteiger partial charge in [0.15, 0.2) is 0 Å². The van der Waals surface area contributed by atoms with E-state index in [1.165, 1.54) is 36.7 Å². The molecule has 0 saturated carbocycles. The lowest BCUT2D eigenvalue weighted by atomic mass is 10.2. The summed E-state index contributed by atoms with van der Waals surface area (Å²) in [7, 11) is -2.33. The standard InChI is InChI=1S/C12H12ClFN2O2S2/c1-16(6-9-10(13)3-2-4-11(9)14)20(17,18)12-5-8(15)7-19-12/h2-5,7H,6,15H2,1H3. The molecule has 2 N–H and O–H groups in total. The van der Waals surface area contributed by atoms with E-state index in [-0.39, 0.29) is 21.3 Å². The van der Waals surface area contributed by atoms with Gasteiger partial charge in [-0.15, -0.1) is 11.3 Å². The fourth-order valence-corrected chi connectivity index (χ4v) is 4.26. The number of hydrogen-bond acceptors (Lipinski definition) is 4. The van der Waals surface area contributed by atoms with Crippen molar-refractivity contribution in [1.82, 2.24) is 4.31 Å². The molecule has 0 spiro atoms. The maximum absolute atomic E-state index is 13.7. The summed E-state index contributed by atoms with van der Waals surface area (Å²) in [6.45, 7) is -0.147. The maximum Gasteiger partial charge on any atom is 0.252 e. The van der Waals surface area contributed by atoms with Crippen molar-refractivity contribution in [2.24, 2.45) is 0 Å². The molecule has 1 aromatic carbocycles. The van der Waals surface area contributed by atoms with E-state index in [1.807, 2.05) is 0 Å². The number of nitrogens with zero attached hydrogens (tertiary/aromatic N) is 1. The molecule has 0 atom stereocenters. The summed E-state index contributed by atoms with van der Waals surface area (Å²) in [4.78, 5) is 0. The van der Waals surface area contributed by atoms with Crippen molar-refractivity contribution in [2.45, 2.75) is 10.8 Å². The monoisotopic (exact) mass is 334 g/mol. The predicted molar refractivity (Wildman–Crippen MR) is 78.8 cm³/mol. The second-order valence-corrected chi connectivity index (χ2v) is 7.75. The number of anilines is 1. The molecule has 20 heavy (non-hydrogen) atoms. The summed E-state index contributed by atoms with van der Waals surface area (Å²) >= 11 is 6.92. The van der Waals surface area contributed by atoms with Gasteiger partial charge < -0.3 is 5.73 Å². The molecule has 1 heterocycles. The average Bonchev–Trinajstić information content (AvgIpc) is 2.81. The summed E-state index contributed by atoms with van der Waals surface area (Å²) < 4.78 is 39.4. The number of thiophene rings is 1. The Balaban J connectivity index is 2.30. The van der Waals surface area contributed by atoms with E-state index in [9.17, 15) is 12.8 Å². The van der Waals surface area contributed by atoms with E-state index in [0.717, 1.165) is 15.6 Å². The number of nitrogen functional groups attached to an aromatic ring is 1. The Labute approximate surface area is 125 Å². The van der Waals surface area contributed by atoms with Crippen molar-refractivity contribution in [1.29, 1.82) is 0 Å². The van der Waals surface area contributed by atoms with Crippen LogP contribution >= 0.6 is 22.9 Å². The van der Waals surface area contributed by atoms with Gasteiger partial charge in [-0.05, 0) is 18.2 Å². The van der Waals surface area contributed by atoms with Crippen LogP contribution in [0.1, 0.15) is 5.56 Å². The van der Waals surface area contributed by atoms with Crippen molar-refractivity contribution in [2.75, 3.05) is 12.8 Å². The van der Waals surface area contributed by atoms with Gasteiger partial charge in [0.25, 0.3) is 10.0 Å². The first-order valence-electron chi connectivity index (χ1n) is 5.55. The van der Waals surface area contributed by atoms with Crippen molar-refractivity contribution in [3.8, 4) is 0 Å². The quantitative estimate of drug-likeness (QED) is 0.935. The first kappa shape index (κ1) is 15.2. The zero-order valence-electron chi connectivity index (χ0n) is 10.5. The Kier molecular flexibility index (Phi) is 4.33. The topological polar surface area (TPSA) is 63.4 Å². The van der Waals surface area contributed by atoms with Gasteiger partial charge in [-0.25, -0.2) is 12.8 Å². The fraction of sp³-hybridized carbons (Fsp3) is 0.167. The first-order chi connectivity index (χ1) is 9.32. The van der Waals surface area contributed by atoms with Gasteiger partial charge in [0.2, 0.25) is 0 Å². The molecule has 2 aromatic rings. The highest BCUT2D eigenvalue weighted by molar-refractivity contribution is 7.91. The predicted octanol–water partition coefficient (Wildman–Crippen LogP) is 2.94. The van der Waals surface area contributed by atoms with Gasteiger partial charge in [0.1, 0.15) is 10.0 Å². The lowest BCUT2D eigenvalue weighted by Crippen LogP contribution is -2.26. The van der Waals surface area contributed by atoms with Gasteiger partial charge in [-0.3, -0.25) is 0 Å². The molecule has 0 aliphatic heterocycles. The van der Waals surface area contributed by atoms with Crippen LogP contribution in [0.25, 0.3) is 0 Å². The normalized spacial score (nSPS) is 12.0. The highest BCUT2D eigenvalue weighted by atomic mass is 35.5. The lowest BCUT2D eigenvalue weighted by Gasteiger charge is -2.17. The van der Waals surface area contributed by atoms with Gasteiger partial charge in [0, 0.05) is 35.2 Å². The minimum Gasteiger partial charge on any atom is -0.398 e. The summed E-state index contributed by atoms with van der Waals surface area (Å²) in [5.74, 6) is -0.537. The Morgan fingerprint density at radius 3 is 2.70 bits per heavy atom. The number of hydrogen-bond donors (Lipinski definition) is 1. The van der Waals surface area contributed by atoms with Crippen LogP contribution < -0.4 is 5.73 Å². The van der Waals surface area contributed by atoms with E-state index in [1.54, 1.807) is 0 Å². The SMILES string of the molecule is CN(Cc1c(F)cccc1Cl)S(=O)(=O)c1cc(N)cs1. The minimum absolute atomic E-state index is 0.116. The molecule has 0 saturated heterocycles. The van der Waals surface area contributed by atoms with Crippen molar-refractivity contribution in [3.05, 3.63) is 46.0 Å². The molecule has 4 nitrogen and oxygen atoms in total. The van der Waals surface area contributed by atoms with Crippen LogP contribution in [0.4, 0.5) is 10.1 Å².